The molecule has 0 unspecified atom stereocenters. The van der Waals surface area contributed by atoms with Crippen LogP contribution in [0.1, 0.15) is 40.4 Å². The van der Waals surface area contributed by atoms with E-state index >= 15 is 0 Å². The highest BCUT2D eigenvalue weighted by molar-refractivity contribution is 9.10. The summed E-state index contributed by atoms with van der Waals surface area (Å²) in [6.45, 7) is 1.87. The minimum Gasteiger partial charge on any atom is -0.506 e. The van der Waals surface area contributed by atoms with Crippen molar-refractivity contribution < 1.29 is 9.90 Å². The molecule has 0 saturated heterocycles. The number of phenolic OH excluding ortho intramolecular Hbond substituents is 1. The summed E-state index contributed by atoms with van der Waals surface area (Å²) in [4.78, 5) is 16.6. The van der Waals surface area contributed by atoms with Crippen LogP contribution in [0.5, 0.6) is 5.75 Å². The Morgan fingerprint density at radius 1 is 1.50 bits per heavy atom. The smallest absolute Gasteiger partial charge is 0.261 e. The third-order valence-corrected chi connectivity index (χ3v) is 4.57. The summed E-state index contributed by atoms with van der Waals surface area (Å²) in [6, 6.07) is 3.42. The van der Waals surface area contributed by atoms with Crippen LogP contribution in [-0.2, 0) is 0 Å². The summed E-state index contributed by atoms with van der Waals surface area (Å²) in [6.07, 6.45) is 2.37. The van der Waals surface area contributed by atoms with E-state index in [4.69, 9.17) is 0 Å². The Labute approximate surface area is 129 Å². The number of aromatic nitrogens is 1. The number of aryl methyl sites for hydroxylation is 1. The van der Waals surface area contributed by atoms with E-state index in [1.54, 1.807) is 12.1 Å². The van der Waals surface area contributed by atoms with Crippen molar-refractivity contribution in [3.63, 3.8) is 0 Å². The molecule has 1 fully saturated rings. The van der Waals surface area contributed by atoms with Gasteiger partial charge in [-0.2, -0.15) is 0 Å². The number of hydrogen-bond acceptors (Lipinski definition) is 4. The van der Waals surface area contributed by atoms with E-state index in [-0.39, 0.29) is 17.2 Å². The largest absolute Gasteiger partial charge is 0.506 e. The molecule has 2 N–H and O–H groups in total. The maximum absolute atomic E-state index is 12.2. The van der Waals surface area contributed by atoms with E-state index in [0.29, 0.717) is 15.5 Å². The molecule has 4 nitrogen and oxygen atoms in total. The van der Waals surface area contributed by atoms with E-state index in [9.17, 15) is 9.90 Å². The molecule has 0 radical (unpaired) electrons. The summed E-state index contributed by atoms with van der Waals surface area (Å²) in [5.74, 6) is 0.175. The summed E-state index contributed by atoms with van der Waals surface area (Å²) in [5.41, 5.74) is 2.21. The molecule has 1 aliphatic rings. The number of benzene rings is 1. The number of nitrogens with zero attached hydrogens (tertiary/aromatic N) is 1. The van der Waals surface area contributed by atoms with Gasteiger partial charge in [-0.1, -0.05) is 0 Å². The van der Waals surface area contributed by atoms with Crippen molar-refractivity contribution in [1.29, 1.82) is 0 Å². The first-order chi connectivity index (χ1) is 9.54. The predicted octanol–water partition coefficient (Wildman–Crippen LogP) is 4.05. The molecule has 0 aliphatic heterocycles. The van der Waals surface area contributed by atoms with Crippen LogP contribution in [-0.4, -0.2) is 16.0 Å². The minimum atomic E-state index is -0.344. The van der Waals surface area contributed by atoms with E-state index in [0.717, 1.165) is 11.3 Å². The molecule has 1 amide bonds. The maximum Gasteiger partial charge on any atom is 0.261 e. The Bertz CT molecular complexity index is 680. The number of amides is 1. The molecule has 1 heterocycles. The van der Waals surface area contributed by atoms with Crippen molar-refractivity contribution in [2.75, 3.05) is 5.32 Å². The quantitative estimate of drug-likeness (QED) is 0.875. The first-order valence-corrected chi connectivity index (χ1v) is 7.97. The van der Waals surface area contributed by atoms with E-state index in [1.165, 1.54) is 24.2 Å². The monoisotopic (exact) mass is 352 g/mol. The van der Waals surface area contributed by atoms with Gasteiger partial charge in [-0.15, -0.1) is 11.3 Å². The van der Waals surface area contributed by atoms with Crippen LogP contribution in [0, 0.1) is 6.92 Å². The second-order valence-electron chi connectivity index (χ2n) is 4.95. The molecule has 1 aliphatic carbocycles. The number of thiazole rings is 1. The molecule has 1 aromatic carbocycles. The van der Waals surface area contributed by atoms with Gasteiger partial charge < -0.3 is 5.11 Å². The van der Waals surface area contributed by atoms with Gasteiger partial charge >= 0.3 is 0 Å². The lowest BCUT2D eigenvalue weighted by Gasteiger charge is -2.07. The number of aromatic hydroxyl groups is 1. The lowest BCUT2D eigenvalue weighted by molar-refractivity contribution is 0.102. The zero-order valence-corrected chi connectivity index (χ0v) is 13.2. The molecule has 1 saturated carbocycles. The Morgan fingerprint density at radius 2 is 2.25 bits per heavy atom. The highest BCUT2D eigenvalue weighted by atomic mass is 79.9. The van der Waals surface area contributed by atoms with Gasteiger partial charge in [0.1, 0.15) is 5.75 Å². The van der Waals surface area contributed by atoms with Gasteiger partial charge in [0, 0.05) is 11.3 Å². The van der Waals surface area contributed by atoms with Crippen LogP contribution in [0.3, 0.4) is 0 Å². The van der Waals surface area contributed by atoms with Crippen molar-refractivity contribution >= 4 is 38.3 Å². The first kappa shape index (κ1) is 13.6. The van der Waals surface area contributed by atoms with Crippen molar-refractivity contribution in [2.24, 2.45) is 0 Å². The number of rotatable bonds is 3. The Morgan fingerprint density at radius 3 is 2.95 bits per heavy atom. The maximum atomic E-state index is 12.2. The minimum absolute atomic E-state index is 0.0490. The second-order valence-corrected chi connectivity index (χ2v) is 6.66. The van der Waals surface area contributed by atoms with Crippen LogP contribution in [0.2, 0.25) is 0 Å². The first-order valence-electron chi connectivity index (χ1n) is 6.30. The fourth-order valence-electron chi connectivity index (χ4n) is 1.98. The molecular formula is C14H13BrN2O2S. The molecule has 20 heavy (non-hydrogen) atoms. The average Bonchev–Trinajstić information content (AvgIpc) is 3.15. The van der Waals surface area contributed by atoms with Gasteiger partial charge in [0.05, 0.1) is 15.7 Å². The third-order valence-electron chi connectivity index (χ3n) is 3.19. The van der Waals surface area contributed by atoms with Crippen molar-refractivity contribution in [2.45, 2.75) is 25.7 Å². The summed E-state index contributed by atoms with van der Waals surface area (Å²) in [5, 5.41) is 15.3. The number of nitrogens with one attached hydrogen (secondary N) is 1. The van der Waals surface area contributed by atoms with Crippen LogP contribution in [0.25, 0.3) is 0 Å². The normalized spacial score (nSPS) is 14.3. The van der Waals surface area contributed by atoms with Gasteiger partial charge in [0.15, 0.2) is 5.13 Å². The zero-order chi connectivity index (χ0) is 14.3. The van der Waals surface area contributed by atoms with E-state index < -0.39 is 0 Å². The molecule has 1 aromatic heterocycles. The number of carbonyl (C=O) groups excluding carboxylic acids is 1. The molecule has 2 aromatic rings. The number of carbonyl (C=O) groups is 1. The van der Waals surface area contributed by atoms with Crippen LogP contribution in [0.15, 0.2) is 22.0 Å². The molecule has 3 rings (SSSR count). The topological polar surface area (TPSA) is 62.2 Å². The summed E-state index contributed by atoms with van der Waals surface area (Å²) in [7, 11) is 0. The third kappa shape index (κ3) is 2.71. The van der Waals surface area contributed by atoms with Crippen LogP contribution < -0.4 is 5.32 Å². The molecule has 0 atom stereocenters. The Hall–Kier alpha value is -1.40. The van der Waals surface area contributed by atoms with Gasteiger partial charge in [-0.25, -0.2) is 4.98 Å². The number of anilines is 1. The van der Waals surface area contributed by atoms with Gasteiger partial charge in [0.25, 0.3) is 5.91 Å². The van der Waals surface area contributed by atoms with Gasteiger partial charge in [-0.05, 0) is 53.4 Å². The summed E-state index contributed by atoms with van der Waals surface area (Å²) >= 11 is 4.66. The summed E-state index contributed by atoms with van der Waals surface area (Å²) < 4.78 is 0.514. The van der Waals surface area contributed by atoms with Crippen molar-refractivity contribution in [1.82, 2.24) is 4.98 Å². The standard InChI is InChI=1S/C14H13BrN2O2S/c1-7-4-9(12(18)10(15)5-7)13(19)17-14-16-11(6-20-14)8-2-3-8/h4-6,8,18H,2-3H2,1H3,(H,16,17,19). The lowest BCUT2D eigenvalue weighted by atomic mass is 10.1. The molecule has 104 valence electrons. The number of halogens is 1. The lowest BCUT2D eigenvalue weighted by Crippen LogP contribution is -2.12. The number of phenols is 1. The second kappa shape index (κ2) is 5.18. The molecule has 6 heteroatoms. The highest BCUT2D eigenvalue weighted by Gasteiger charge is 2.26. The average molecular weight is 353 g/mol. The van der Waals surface area contributed by atoms with Crippen LogP contribution in [0.4, 0.5) is 5.13 Å². The fraction of sp³-hybridized carbons (Fsp3) is 0.286. The predicted molar refractivity (Wildman–Crippen MR) is 82.6 cm³/mol. The van der Waals surface area contributed by atoms with Crippen molar-refractivity contribution in [3.8, 4) is 5.75 Å². The van der Waals surface area contributed by atoms with Gasteiger partial charge in [-0.3, -0.25) is 10.1 Å². The van der Waals surface area contributed by atoms with Gasteiger partial charge in [0.2, 0.25) is 0 Å². The number of hydrogen-bond donors (Lipinski definition) is 2. The molecule has 0 bridgehead atoms. The van der Waals surface area contributed by atoms with E-state index in [2.05, 4.69) is 26.2 Å². The Balaban J connectivity index is 1.81. The van der Waals surface area contributed by atoms with Crippen LogP contribution >= 0.6 is 27.3 Å². The highest BCUT2D eigenvalue weighted by Crippen LogP contribution is 2.41. The van der Waals surface area contributed by atoms with Crippen molar-refractivity contribution in [3.05, 3.63) is 38.8 Å². The SMILES string of the molecule is Cc1cc(Br)c(O)c(C(=O)Nc2nc(C3CC3)cs2)c1. The van der Waals surface area contributed by atoms with E-state index in [1.807, 2.05) is 12.3 Å². The molecule has 0 spiro atoms. The molecular weight excluding hydrogens is 340 g/mol. The Kier molecular flexibility index (Phi) is 3.52. The zero-order valence-electron chi connectivity index (χ0n) is 10.8. The fourth-order valence-corrected chi connectivity index (χ4v) is 3.34.